The molecule has 0 aliphatic heterocycles. The van der Waals surface area contributed by atoms with Crippen molar-refractivity contribution in [2.45, 2.75) is 58.5 Å². The van der Waals surface area contributed by atoms with Crippen LogP contribution in [0.3, 0.4) is 0 Å². The molecule has 3 N–H and O–H groups in total. The van der Waals surface area contributed by atoms with Crippen molar-refractivity contribution in [2.75, 3.05) is 20.1 Å². The van der Waals surface area contributed by atoms with Crippen LogP contribution in [0.15, 0.2) is 0 Å². The third-order valence-corrected chi connectivity index (χ3v) is 3.57. The summed E-state index contributed by atoms with van der Waals surface area (Å²) in [6, 6.07) is 0.547. The first-order valence-corrected chi connectivity index (χ1v) is 6.64. The number of carbonyl (C=O) groups excluding carboxylic acids is 1. The second kappa shape index (κ2) is 7.67. The Hall–Kier alpha value is -0.610. The first-order valence-electron chi connectivity index (χ1n) is 6.64. The first-order chi connectivity index (χ1) is 7.87. The van der Waals surface area contributed by atoms with Gasteiger partial charge in [-0.15, -0.1) is 0 Å². The maximum absolute atomic E-state index is 11.9. The van der Waals surface area contributed by atoms with Gasteiger partial charge in [-0.1, -0.05) is 13.8 Å². The van der Waals surface area contributed by atoms with Gasteiger partial charge in [-0.25, -0.2) is 0 Å². The van der Waals surface area contributed by atoms with E-state index in [0.29, 0.717) is 25.4 Å². The van der Waals surface area contributed by atoms with Gasteiger partial charge in [0.05, 0.1) is 5.54 Å². The van der Waals surface area contributed by atoms with Gasteiger partial charge in [0, 0.05) is 12.6 Å². The maximum Gasteiger partial charge on any atom is 0.240 e. The van der Waals surface area contributed by atoms with E-state index in [1.54, 1.807) is 0 Å². The molecule has 0 heterocycles. The molecule has 0 spiro atoms. The molecule has 0 rings (SSSR count). The summed E-state index contributed by atoms with van der Waals surface area (Å²) in [5.41, 5.74) is 5.32. The lowest BCUT2D eigenvalue weighted by atomic mass is 9.93. The molecule has 4 nitrogen and oxygen atoms in total. The molecule has 4 heteroatoms. The summed E-state index contributed by atoms with van der Waals surface area (Å²) in [6.07, 6.45) is 2.33. The van der Waals surface area contributed by atoms with Crippen LogP contribution in [0.1, 0.15) is 47.0 Å². The fourth-order valence-electron chi connectivity index (χ4n) is 1.54. The number of nitrogens with two attached hydrogens (primary N) is 1. The van der Waals surface area contributed by atoms with Crippen molar-refractivity contribution in [1.82, 2.24) is 10.2 Å². The minimum atomic E-state index is -0.691. The van der Waals surface area contributed by atoms with Gasteiger partial charge in [-0.2, -0.15) is 0 Å². The Balaban J connectivity index is 3.86. The number of hydrogen-bond donors (Lipinski definition) is 2. The number of amides is 1. The van der Waals surface area contributed by atoms with Crippen LogP contribution in [0.4, 0.5) is 0 Å². The van der Waals surface area contributed by atoms with Gasteiger partial charge in [-0.05, 0) is 46.7 Å². The minimum Gasteiger partial charge on any atom is -0.354 e. The summed E-state index contributed by atoms with van der Waals surface area (Å²) in [7, 11) is 2.10. The normalized spacial score (nSPS) is 12.2. The summed E-state index contributed by atoms with van der Waals surface area (Å²) in [5, 5.41) is 2.93. The number of rotatable bonds is 8. The summed E-state index contributed by atoms with van der Waals surface area (Å²) in [6.45, 7) is 9.93. The highest BCUT2D eigenvalue weighted by atomic mass is 16.2. The van der Waals surface area contributed by atoms with Crippen LogP contribution in [-0.2, 0) is 4.79 Å². The van der Waals surface area contributed by atoms with Crippen LogP contribution in [0, 0.1) is 0 Å². The fraction of sp³-hybridized carbons (Fsp3) is 0.923. The predicted molar refractivity (Wildman–Crippen MR) is 72.9 cm³/mol. The van der Waals surface area contributed by atoms with E-state index in [-0.39, 0.29) is 5.91 Å². The molecular formula is C13H29N3O. The van der Waals surface area contributed by atoms with Gasteiger partial charge in [-0.3, -0.25) is 4.79 Å². The molecule has 0 saturated carbocycles. The Morgan fingerprint density at radius 1 is 1.35 bits per heavy atom. The van der Waals surface area contributed by atoms with Crippen molar-refractivity contribution in [3.8, 4) is 0 Å². The summed E-state index contributed by atoms with van der Waals surface area (Å²) >= 11 is 0. The molecule has 0 unspecified atom stereocenters. The Bertz CT molecular complexity index is 225. The molecule has 0 saturated heterocycles. The SMILES string of the molecule is CCC(N)(CC)C(=O)NCCCN(C)C(C)C. The van der Waals surface area contributed by atoms with Crippen molar-refractivity contribution in [1.29, 1.82) is 0 Å². The maximum atomic E-state index is 11.9. The van der Waals surface area contributed by atoms with E-state index >= 15 is 0 Å². The van der Waals surface area contributed by atoms with E-state index in [9.17, 15) is 4.79 Å². The van der Waals surface area contributed by atoms with E-state index in [1.807, 2.05) is 13.8 Å². The summed E-state index contributed by atoms with van der Waals surface area (Å²) in [4.78, 5) is 14.1. The van der Waals surface area contributed by atoms with E-state index < -0.39 is 5.54 Å². The zero-order valence-electron chi connectivity index (χ0n) is 12.0. The Labute approximate surface area is 106 Å². The third-order valence-electron chi connectivity index (χ3n) is 3.57. The van der Waals surface area contributed by atoms with Crippen molar-refractivity contribution in [2.24, 2.45) is 5.73 Å². The highest BCUT2D eigenvalue weighted by Crippen LogP contribution is 2.10. The molecule has 0 aromatic rings. The molecular weight excluding hydrogens is 214 g/mol. The van der Waals surface area contributed by atoms with Crippen LogP contribution < -0.4 is 11.1 Å². The van der Waals surface area contributed by atoms with Gasteiger partial charge >= 0.3 is 0 Å². The van der Waals surface area contributed by atoms with Gasteiger partial charge in [0.2, 0.25) is 5.91 Å². The van der Waals surface area contributed by atoms with Crippen molar-refractivity contribution < 1.29 is 4.79 Å². The molecule has 0 bridgehead atoms. The number of hydrogen-bond acceptors (Lipinski definition) is 3. The van der Waals surface area contributed by atoms with Gasteiger partial charge in [0.1, 0.15) is 0 Å². The smallest absolute Gasteiger partial charge is 0.240 e. The Morgan fingerprint density at radius 3 is 2.29 bits per heavy atom. The van der Waals surface area contributed by atoms with Crippen molar-refractivity contribution >= 4 is 5.91 Å². The third kappa shape index (κ3) is 5.50. The lowest BCUT2D eigenvalue weighted by molar-refractivity contribution is -0.126. The Kier molecular flexibility index (Phi) is 7.39. The zero-order chi connectivity index (χ0) is 13.5. The number of carbonyl (C=O) groups is 1. The standard InChI is InChI=1S/C13H29N3O/c1-6-13(14,7-2)12(17)15-9-8-10-16(5)11(3)4/h11H,6-10,14H2,1-5H3,(H,15,17). The molecule has 0 atom stereocenters. The molecule has 17 heavy (non-hydrogen) atoms. The monoisotopic (exact) mass is 243 g/mol. The summed E-state index contributed by atoms with van der Waals surface area (Å²) in [5.74, 6) is -0.0188. The average Bonchev–Trinajstić information content (AvgIpc) is 2.32. The van der Waals surface area contributed by atoms with Gasteiger partial charge < -0.3 is 16.0 Å². The van der Waals surface area contributed by atoms with E-state index in [0.717, 1.165) is 13.0 Å². The van der Waals surface area contributed by atoms with Crippen LogP contribution in [0.2, 0.25) is 0 Å². The molecule has 102 valence electrons. The van der Waals surface area contributed by atoms with E-state index in [2.05, 4.69) is 31.1 Å². The second-order valence-electron chi connectivity index (χ2n) is 5.05. The molecule has 0 fully saturated rings. The molecule has 0 aromatic carbocycles. The highest BCUT2D eigenvalue weighted by Gasteiger charge is 2.29. The molecule has 0 aliphatic carbocycles. The topological polar surface area (TPSA) is 58.4 Å². The largest absolute Gasteiger partial charge is 0.354 e. The number of nitrogens with zero attached hydrogens (tertiary/aromatic N) is 1. The van der Waals surface area contributed by atoms with Crippen molar-refractivity contribution in [3.63, 3.8) is 0 Å². The minimum absolute atomic E-state index is 0.0188. The average molecular weight is 243 g/mol. The second-order valence-corrected chi connectivity index (χ2v) is 5.05. The summed E-state index contributed by atoms with van der Waals surface area (Å²) < 4.78 is 0. The van der Waals surface area contributed by atoms with E-state index in [4.69, 9.17) is 5.73 Å². The fourth-order valence-corrected chi connectivity index (χ4v) is 1.54. The Morgan fingerprint density at radius 2 is 1.88 bits per heavy atom. The van der Waals surface area contributed by atoms with Crippen LogP contribution >= 0.6 is 0 Å². The van der Waals surface area contributed by atoms with Gasteiger partial charge in [0.15, 0.2) is 0 Å². The van der Waals surface area contributed by atoms with E-state index in [1.165, 1.54) is 0 Å². The quantitative estimate of drug-likeness (QED) is 0.633. The van der Waals surface area contributed by atoms with Crippen LogP contribution in [0.5, 0.6) is 0 Å². The lowest BCUT2D eigenvalue weighted by Gasteiger charge is -2.26. The predicted octanol–water partition coefficient (Wildman–Crippen LogP) is 1.35. The highest BCUT2D eigenvalue weighted by molar-refractivity contribution is 5.85. The molecule has 0 aliphatic rings. The first kappa shape index (κ1) is 16.4. The van der Waals surface area contributed by atoms with Crippen LogP contribution in [-0.4, -0.2) is 42.5 Å². The van der Waals surface area contributed by atoms with Gasteiger partial charge in [0.25, 0.3) is 0 Å². The van der Waals surface area contributed by atoms with Crippen LogP contribution in [0.25, 0.3) is 0 Å². The molecule has 0 radical (unpaired) electrons. The molecule has 1 amide bonds. The van der Waals surface area contributed by atoms with Crippen molar-refractivity contribution in [3.05, 3.63) is 0 Å². The lowest BCUT2D eigenvalue weighted by Crippen LogP contribution is -2.53. The number of nitrogens with one attached hydrogen (secondary N) is 1. The zero-order valence-corrected chi connectivity index (χ0v) is 12.0. The molecule has 0 aromatic heterocycles.